The molecule has 0 unspecified atom stereocenters. The van der Waals surface area contributed by atoms with Gasteiger partial charge in [0.2, 0.25) is 21.8 Å². The molecule has 1 rings (SSSR count). The zero-order chi connectivity index (χ0) is 29.6. The molecule has 39 heavy (non-hydrogen) atoms. The van der Waals surface area contributed by atoms with E-state index in [0.717, 1.165) is 0 Å². The lowest BCUT2D eigenvalue weighted by Gasteiger charge is -2.30. The van der Waals surface area contributed by atoms with Crippen LogP contribution in [-0.4, -0.2) is 63.2 Å². The van der Waals surface area contributed by atoms with Gasteiger partial charge >= 0.3 is 5.97 Å². The van der Waals surface area contributed by atoms with Crippen molar-refractivity contribution in [2.45, 2.75) is 89.7 Å². The second-order valence-electron chi connectivity index (χ2n) is 11.1. The Labute approximate surface area is 233 Å². The van der Waals surface area contributed by atoms with Crippen LogP contribution in [0.4, 0.5) is 0 Å². The summed E-state index contributed by atoms with van der Waals surface area (Å²) < 4.78 is 32.9. The van der Waals surface area contributed by atoms with E-state index in [1.807, 2.05) is 13.8 Å². The number of hydrogen-bond donors (Lipinski definition) is 4. The van der Waals surface area contributed by atoms with Crippen LogP contribution >= 0.6 is 0 Å². The predicted octanol–water partition coefficient (Wildman–Crippen LogP) is 2.76. The number of esters is 1. The van der Waals surface area contributed by atoms with E-state index in [1.165, 1.54) is 19.2 Å². The number of nitrogens with one attached hydrogen (secondary N) is 3. The molecule has 4 N–H and O–H groups in total. The van der Waals surface area contributed by atoms with Crippen molar-refractivity contribution in [1.82, 2.24) is 15.4 Å². The first kappa shape index (κ1) is 34.5. The largest absolute Gasteiger partial charge is 0.460 e. The standard InChI is InChI=1S/C28H47N3O7S/c1-20(2)19-23(22(15-12-18-32)27(35)38-28(3,4)5)25(33)31-24(26(34)29-6)16-10-11-17-30-39(36,37)21-13-8-7-9-14-21/h7-9,13-14,20,22-24,30,32H,10-12,15-19H2,1-6H3,(H,29,34)(H,31,33)/t22-,23+,24-/m0/s1. The van der Waals surface area contributed by atoms with Crippen molar-refractivity contribution in [3.63, 3.8) is 0 Å². The Balaban J connectivity index is 2.91. The van der Waals surface area contributed by atoms with E-state index in [-0.39, 0.29) is 36.3 Å². The molecule has 0 fully saturated rings. The molecule has 1 aromatic carbocycles. The van der Waals surface area contributed by atoms with Gasteiger partial charge in [0.1, 0.15) is 11.6 Å². The summed E-state index contributed by atoms with van der Waals surface area (Å²) in [5, 5.41) is 14.8. The molecular formula is C28H47N3O7S. The highest BCUT2D eigenvalue weighted by molar-refractivity contribution is 7.89. The Kier molecular flexibility index (Phi) is 14.7. The number of ether oxygens (including phenoxy) is 1. The van der Waals surface area contributed by atoms with Crippen LogP contribution in [0.15, 0.2) is 35.2 Å². The van der Waals surface area contributed by atoms with E-state index in [2.05, 4.69) is 15.4 Å². The van der Waals surface area contributed by atoms with Gasteiger partial charge in [0.05, 0.1) is 16.7 Å². The molecule has 222 valence electrons. The van der Waals surface area contributed by atoms with Gasteiger partial charge in [-0.25, -0.2) is 13.1 Å². The van der Waals surface area contributed by atoms with Crippen LogP contribution in [-0.2, 0) is 29.1 Å². The van der Waals surface area contributed by atoms with Crippen LogP contribution in [0, 0.1) is 17.8 Å². The Morgan fingerprint density at radius 1 is 0.949 bits per heavy atom. The van der Waals surface area contributed by atoms with Gasteiger partial charge in [-0.05, 0) is 77.3 Å². The maximum absolute atomic E-state index is 13.5. The molecule has 0 aromatic heterocycles. The fourth-order valence-corrected chi connectivity index (χ4v) is 5.31. The van der Waals surface area contributed by atoms with Crippen molar-refractivity contribution < 1.29 is 32.6 Å². The van der Waals surface area contributed by atoms with Crippen molar-refractivity contribution >= 4 is 27.8 Å². The van der Waals surface area contributed by atoms with E-state index in [9.17, 15) is 27.9 Å². The Hall–Kier alpha value is -2.50. The van der Waals surface area contributed by atoms with E-state index < -0.39 is 45.4 Å². The van der Waals surface area contributed by atoms with Gasteiger partial charge in [-0.15, -0.1) is 0 Å². The van der Waals surface area contributed by atoms with Gasteiger partial charge in [-0.2, -0.15) is 0 Å². The van der Waals surface area contributed by atoms with Crippen LogP contribution in [0.2, 0.25) is 0 Å². The molecule has 2 amide bonds. The van der Waals surface area contributed by atoms with E-state index >= 15 is 0 Å². The number of likely N-dealkylation sites (N-methyl/N-ethyl adjacent to an activating group) is 1. The summed E-state index contributed by atoms with van der Waals surface area (Å²) in [5.41, 5.74) is -0.736. The molecule has 0 aliphatic heterocycles. The third-order valence-corrected chi connectivity index (χ3v) is 7.55. The Morgan fingerprint density at radius 2 is 1.59 bits per heavy atom. The summed E-state index contributed by atoms with van der Waals surface area (Å²) in [7, 11) is -2.15. The van der Waals surface area contributed by atoms with Crippen molar-refractivity contribution in [3.8, 4) is 0 Å². The third kappa shape index (κ3) is 12.9. The number of benzene rings is 1. The number of hydrogen-bond acceptors (Lipinski definition) is 7. The quantitative estimate of drug-likeness (QED) is 0.166. The topological polar surface area (TPSA) is 151 Å². The Bertz CT molecular complexity index is 1010. The van der Waals surface area contributed by atoms with Gasteiger partial charge in [0, 0.05) is 20.2 Å². The van der Waals surface area contributed by atoms with Crippen LogP contribution in [0.3, 0.4) is 0 Å². The minimum atomic E-state index is -3.62. The van der Waals surface area contributed by atoms with E-state index in [1.54, 1.807) is 39.0 Å². The number of rotatable bonds is 17. The first-order valence-electron chi connectivity index (χ1n) is 13.6. The molecular weight excluding hydrogens is 522 g/mol. The molecule has 0 aliphatic rings. The molecule has 1 aromatic rings. The Morgan fingerprint density at radius 3 is 2.13 bits per heavy atom. The SMILES string of the molecule is CNC(=O)[C@H](CCCCNS(=O)(=O)c1ccccc1)NC(=O)[C@H](CC(C)C)[C@H](CCCO)C(=O)OC(C)(C)C. The first-order valence-corrected chi connectivity index (χ1v) is 15.1. The second-order valence-corrected chi connectivity index (χ2v) is 12.9. The zero-order valence-electron chi connectivity index (χ0n) is 24.2. The van der Waals surface area contributed by atoms with Crippen LogP contribution in [0.25, 0.3) is 0 Å². The summed E-state index contributed by atoms with van der Waals surface area (Å²) in [5.74, 6) is -2.71. The maximum atomic E-state index is 13.5. The number of unbranched alkanes of at least 4 members (excludes halogenated alkanes) is 1. The third-order valence-electron chi connectivity index (χ3n) is 6.08. The average Bonchev–Trinajstić information content (AvgIpc) is 2.85. The summed E-state index contributed by atoms with van der Waals surface area (Å²) in [4.78, 5) is 39.4. The lowest BCUT2D eigenvalue weighted by atomic mass is 9.81. The lowest BCUT2D eigenvalue weighted by molar-refractivity contribution is -0.164. The number of aliphatic hydroxyl groups excluding tert-OH is 1. The first-order chi connectivity index (χ1) is 18.2. The smallest absolute Gasteiger partial charge is 0.310 e. The summed E-state index contributed by atoms with van der Waals surface area (Å²) >= 11 is 0. The van der Waals surface area contributed by atoms with E-state index in [4.69, 9.17) is 4.74 Å². The number of amides is 2. The molecule has 0 saturated carbocycles. The van der Waals surface area contributed by atoms with Crippen molar-refractivity contribution in [3.05, 3.63) is 30.3 Å². The van der Waals surface area contributed by atoms with Crippen molar-refractivity contribution in [2.24, 2.45) is 17.8 Å². The van der Waals surface area contributed by atoms with Crippen molar-refractivity contribution in [2.75, 3.05) is 20.2 Å². The van der Waals surface area contributed by atoms with Crippen LogP contribution < -0.4 is 15.4 Å². The number of aliphatic hydroxyl groups is 1. The van der Waals surface area contributed by atoms with Crippen LogP contribution in [0.5, 0.6) is 0 Å². The molecule has 0 heterocycles. The fraction of sp³-hybridized carbons (Fsp3) is 0.679. The minimum absolute atomic E-state index is 0.0934. The predicted molar refractivity (Wildman–Crippen MR) is 150 cm³/mol. The van der Waals surface area contributed by atoms with Gasteiger partial charge in [0.25, 0.3) is 0 Å². The molecule has 3 atom stereocenters. The lowest BCUT2D eigenvalue weighted by Crippen LogP contribution is -2.50. The number of carbonyl (C=O) groups is 3. The van der Waals surface area contributed by atoms with Gasteiger partial charge < -0.3 is 20.5 Å². The highest BCUT2D eigenvalue weighted by Gasteiger charge is 2.37. The molecule has 11 heteroatoms. The molecule has 0 saturated heterocycles. The highest BCUT2D eigenvalue weighted by Crippen LogP contribution is 2.28. The van der Waals surface area contributed by atoms with Crippen LogP contribution in [0.1, 0.15) is 73.1 Å². The molecule has 10 nitrogen and oxygen atoms in total. The average molecular weight is 570 g/mol. The summed E-state index contributed by atoms with van der Waals surface area (Å²) in [6, 6.07) is 7.21. The minimum Gasteiger partial charge on any atom is -0.460 e. The maximum Gasteiger partial charge on any atom is 0.310 e. The van der Waals surface area contributed by atoms with Gasteiger partial charge in [-0.3, -0.25) is 14.4 Å². The van der Waals surface area contributed by atoms with E-state index in [0.29, 0.717) is 32.1 Å². The summed E-state index contributed by atoms with van der Waals surface area (Å²) in [6.07, 6.45) is 2.25. The molecule has 0 radical (unpaired) electrons. The monoisotopic (exact) mass is 569 g/mol. The van der Waals surface area contributed by atoms with Gasteiger partial charge in [-0.1, -0.05) is 32.0 Å². The highest BCUT2D eigenvalue weighted by atomic mass is 32.2. The fourth-order valence-electron chi connectivity index (χ4n) is 4.22. The normalized spacial score (nSPS) is 14.4. The molecule has 0 spiro atoms. The van der Waals surface area contributed by atoms with Gasteiger partial charge in [0.15, 0.2) is 0 Å². The number of carbonyl (C=O) groups excluding carboxylic acids is 3. The summed E-state index contributed by atoms with van der Waals surface area (Å²) in [6.45, 7) is 9.23. The number of sulfonamides is 1. The second kappa shape index (κ2) is 16.6. The molecule has 0 aliphatic carbocycles. The van der Waals surface area contributed by atoms with Crippen molar-refractivity contribution in [1.29, 1.82) is 0 Å². The molecule has 0 bridgehead atoms. The zero-order valence-corrected chi connectivity index (χ0v) is 25.0.